The first-order chi connectivity index (χ1) is 9.13. The molecular formula is C14H18ClN3S. The number of aromatic nitrogens is 1. The Hall–Kier alpha value is -1.10. The van der Waals surface area contributed by atoms with Gasteiger partial charge < -0.3 is 10.6 Å². The Morgan fingerprint density at radius 2 is 2.26 bits per heavy atom. The average Bonchev–Trinajstić information content (AvgIpc) is 2.91. The van der Waals surface area contributed by atoms with E-state index in [1.807, 2.05) is 13.1 Å². The summed E-state index contributed by atoms with van der Waals surface area (Å²) < 4.78 is 0. The summed E-state index contributed by atoms with van der Waals surface area (Å²) in [6, 6.07) is 6.42. The van der Waals surface area contributed by atoms with Crippen molar-refractivity contribution in [2.24, 2.45) is 5.73 Å². The van der Waals surface area contributed by atoms with Crippen LogP contribution < -0.4 is 10.6 Å². The van der Waals surface area contributed by atoms with Crippen molar-refractivity contribution in [3.8, 4) is 0 Å². The molecule has 102 valence electrons. The van der Waals surface area contributed by atoms with E-state index in [9.17, 15) is 0 Å². The molecule has 5 heteroatoms. The number of hydrogen-bond acceptors (Lipinski definition) is 4. The van der Waals surface area contributed by atoms with E-state index in [4.69, 9.17) is 17.3 Å². The zero-order valence-electron chi connectivity index (χ0n) is 11.1. The first kappa shape index (κ1) is 14.3. The quantitative estimate of drug-likeness (QED) is 0.920. The molecular weight excluding hydrogens is 278 g/mol. The van der Waals surface area contributed by atoms with Gasteiger partial charge in [-0.05, 0) is 30.0 Å². The molecule has 0 fully saturated rings. The summed E-state index contributed by atoms with van der Waals surface area (Å²) in [5, 5.41) is 2.76. The summed E-state index contributed by atoms with van der Waals surface area (Å²) >= 11 is 8.12. The SMILES string of the molecule is CC(Cc1cccs1)N(C)c1nccc(CN)c1Cl. The van der Waals surface area contributed by atoms with Crippen LogP contribution in [0.2, 0.25) is 5.02 Å². The molecule has 19 heavy (non-hydrogen) atoms. The number of rotatable bonds is 5. The van der Waals surface area contributed by atoms with Crippen molar-refractivity contribution in [3.05, 3.63) is 45.2 Å². The van der Waals surface area contributed by atoms with Crippen LogP contribution >= 0.6 is 22.9 Å². The van der Waals surface area contributed by atoms with E-state index in [1.165, 1.54) is 4.88 Å². The topological polar surface area (TPSA) is 42.2 Å². The Kier molecular flexibility index (Phi) is 4.80. The molecule has 0 aromatic carbocycles. The highest BCUT2D eigenvalue weighted by Gasteiger charge is 2.16. The zero-order valence-corrected chi connectivity index (χ0v) is 12.7. The lowest BCUT2D eigenvalue weighted by Crippen LogP contribution is -2.31. The van der Waals surface area contributed by atoms with E-state index in [1.54, 1.807) is 17.5 Å². The summed E-state index contributed by atoms with van der Waals surface area (Å²) in [6.07, 6.45) is 2.75. The van der Waals surface area contributed by atoms with Crippen molar-refractivity contribution in [3.63, 3.8) is 0 Å². The van der Waals surface area contributed by atoms with Crippen LogP contribution in [0.25, 0.3) is 0 Å². The third-order valence-corrected chi connectivity index (χ3v) is 4.55. The molecule has 0 amide bonds. The third-order valence-electron chi connectivity index (χ3n) is 3.24. The van der Waals surface area contributed by atoms with Gasteiger partial charge in [-0.3, -0.25) is 0 Å². The fourth-order valence-electron chi connectivity index (χ4n) is 1.94. The Morgan fingerprint density at radius 1 is 1.47 bits per heavy atom. The van der Waals surface area contributed by atoms with E-state index in [-0.39, 0.29) is 0 Å². The van der Waals surface area contributed by atoms with Crippen molar-refractivity contribution in [2.45, 2.75) is 25.9 Å². The molecule has 2 aromatic rings. The van der Waals surface area contributed by atoms with E-state index in [0.717, 1.165) is 17.8 Å². The van der Waals surface area contributed by atoms with Crippen molar-refractivity contribution in [2.75, 3.05) is 11.9 Å². The molecule has 0 aliphatic heterocycles. The minimum atomic E-state index is 0.330. The highest BCUT2D eigenvalue weighted by molar-refractivity contribution is 7.09. The molecule has 0 aliphatic carbocycles. The maximum atomic E-state index is 6.35. The molecule has 2 N–H and O–H groups in total. The van der Waals surface area contributed by atoms with E-state index >= 15 is 0 Å². The fourth-order valence-corrected chi connectivity index (χ4v) is 3.09. The van der Waals surface area contributed by atoms with Crippen molar-refractivity contribution >= 4 is 28.8 Å². The Labute approximate surface area is 123 Å². The number of likely N-dealkylation sites (N-methyl/N-ethyl adjacent to an activating group) is 1. The number of nitrogens with two attached hydrogens (primary N) is 1. The number of hydrogen-bond donors (Lipinski definition) is 1. The monoisotopic (exact) mass is 295 g/mol. The highest BCUT2D eigenvalue weighted by Crippen LogP contribution is 2.28. The van der Waals surface area contributed by atoms with Crippen LogP contribution in [0.4, 0.5) is 5.82 Å². The Balaban J connectivity index is 2.16. The number of pyridine rings is 1. The minimum Gasteiger partial charge on any atom is -0.355 e. The van der Waals surface area contributed by atoms with Crippen LogP contribution in [0.15, 0.2) is 29.8 Å². The van der Waals surface area contributed by atoms with Gasteiger partial charge in [-0.1, -0.05) is 17.7 Å². The summed E-state index contributed by atoms with van der Waals surface area (Å²) in [5.74, 6) is 0.800. The largest absolute Gasteiger partial charge is 0.355 e. The molecule has 1 unspecified atom stereocenters. The lowest BCUT2D eigenvalue weighted by molar-refractivity contribution is 0.680. The number of halogens is 1. The summed E-state index contributed by atoms with van der Waals surface area (Å²) in [6.45, 7) is 2.61. The predicted octanol–water partition coefficient (Wildman–Crippen LogP) is 3.32. The van der Waals surface area contributed by atoms with Crippen LogP contribution in [-0.2, 0) is 13.0 Å². The van der Waals surface area contributed by atoms with Crippen molar-refractivity contribution in [1.82, 2.24) is 4.98 Å². The second-order valence-electron chi connectivity index (χ2n) is 4.56. The molecule has 2 rings (SSSR count). The molecule has 1 atom stereocenters. The van der Waals surface area contributed by atoms with Gasteiger partial charge in [0.1, 0.15) is 5.82 Å². The normalized spacial score (nSPS) is 12.4. The van der Waals surface area contributed by atoms with Crippen LogP contribution in [0, 0.1) is 0 Å². The van der Waals surface area contributed by atoms with Crippen LogP contribution in [-0.4, -0.2) is 18.1 Å². The molecule has 0 saturated heterocycles. The van der Waals surface area contributed by atoms with Gasteiger partial charge in [0.05, 0.1) is 5.02 Å². The molecule has 2 heterocycles. The predicted molar refractivity (Wildman–Crippen MR) is 83.0 cm³/mol. The van der Waals surface area contributed by atoms with Crippen LogP contribution in [0.1, 0.15) is 17.4 Å². The molecule has 0 spiro atoms. The maximum Gasteiger partial charge on any atom is 0.147 e. The second kappa shape index (κ2) is 6.37. The first-order valence-electron chi connectivity index (χ1n) is 6.22. The van der Waals surface area contributed by atoms with Gasteiger partial charge in [-0.2, -0.15) is 0 Å². The molecule has 0 saturated carbocycles. The van der Waals surface area contributed by atoms with Crippen LogP contribution in [0.3, 0.4) is 0 Å². The Morgan fingerprint density at radius 3 is 2.89 bits per heavy atom. The van der Waals surface area contributed by atoms with Crippen molar-refractivity contribution < 1.29 is 0 Å². The average molecular weight is 296 g/mol. The lowest BCUT2D eigenvalue weighted by Gasteiger charge is -2.27. The smallest absolute Gasteiger partial charge is 0.147 e. The van der Waals surface area contributed by atoms with Gasteiger partial charge in [0.25, 0.3) is 0 Å². The molecule has 2 aromatic heterocycles. The molecule has 0 radical (unpaired) electrons. The molecule has 0 bridgehead atoms. The van der Waals surface area contributed by atoms with Crippen LogP contribution in [0.5, 0.6) is 0 Å². The lowest BCUT2D eigenvalue weighted by atomic mass is 10.1. The highest BCUT2D eigenvalue weighted by atomic mass is 35.5. The van der Waals surface area contributed by atoms with Gasteiger partial charge in [0, 0.05) is 37.1 Å². The van der Waals surface area contributed by atoms with Gasteiger partial charge in [0.2, 0.25) is 0 Å². The van der Waals surface area contributed by atoms with Gasteiger partial charge in [-0.15, -0.1) is 11.3 Å². The standard InChI is InChI=1S/C14H18ClN3S/c1-10(8-12-4-3-7-19-12)18(2)14-13(15)11(9-16)5-6-17-14/h3-7,10H,8-9,16H2,1-2H3. The van der Waals surface area contributed by atoms with Crippen molar-refractivity contribution in [1.29, 1.82) is 0 Å². The number of nitrogens with zero attached hydrogens (tertiary/aromatic N) is 2. The maximum absolute atomic E-state index is 6.35. The Bertz CT molecular complexity index is 527. The first-order valence-corrected chi connectivity index (χ1v) is 7.48. The third kappa shape index (κ3) is 3.26. The number of thiophene rings is 1. The zero-order chi connectivity index (χ0) is 13.8. The fraction of sp³-hybridized carbons (Fsp3) is 0.357. The second-order valence-corrected chi connectivity index (χ2v) is 5.97. The summed E-state index contributed by atoms with van der Waals surface area (Å²) in [4.78, 5) is 7.86. The minimum absolute atomic E-state index is 0.330. The van der Waals surface area contributed by atoms with Gasteiger partial charge in [-0.25, -0.2) is 4.98 Å². The number of anilines is 1. The molecule has 3 nitrogen and oxygen atoms in total. The van der Waals surface area contributed by atoms with E-state index < -0.39 is 0 Å². The van der Waals surface area contributed by atoms with E-state index in [0.29, 0.717) is 17.6 Å². The molecule has 0 aliphatic rings. The summed E-state index contributed by atoms with van der Waals surface area (Å²) in [7, 11) is 2.02. The van der Waals surface area contributed by atoms with Gasteiger partial charge >= 0.3 is 0 Å². The van der Waals surface area contributed by atoms with Gasteiger partial charge in [0.15, 0.2) is 0 Å². The van der Waals surface area contributed by atoms with E-state index in [2.05, 4.69) is 34.3 Å². The summed E-state index contributed by atoms with van der Waals surface area (Å²) in [5.41, 5.74) is 6.61.